The Morgan fingerprint density at radius 1 is 1.43 bits per heavy atom. The maximum absolute atomic E-state index is 11.6. The van der Waals surface area contributed by atoms with Crippen LogP contribution in [0.5, 0.6) is 0 Å². The lowest BCUT2D eigenvalue weighted by atomic mass is 9.95. The van der Waals surface area contributed by atoms with Gasteiger partial charge in [-0.3, -0.25) is 4.79 Å². The molecule has 0 bridgehead atoms. The van der Waals surface area contributed by atoms with Crippen molar-refractivity contribution in [1.29, 1.82) is 0 Å². The first-order chi connectivity index (χ1) is 6.39. The van der Waals surface area contributed by atoms with Gasteiger partial charge in [-0.1, -0.05) is 20.8 Å². The number of rotatable bonds is 2. The fourth-order valence-electron chi connectivity index (χ4n) is 1.70. The Hall–Kier alpha value is -0.240. The minimum absolute atomic E-state index is 0.135. The molecular formula is C11H20ClNO. The Bertz CT molecular complexity index is 210. The molecule has 2 atom stereocenters. The van der Waals surface area contributed by atoms with E-state index in [1.54, 1.807) is 0 Å². The van der Waals surface area contributed by atoms with Crippen LogP contribution in [-0.4, -0.2) is 17.8 Å². The van der Waals surface area contributed by atoms with E-state index in [4.69, 9.17) is 11.6 Å². The molecule has 1 aliphatic rings. The number of hydrogen-bond acceptors (Lipinski definition) is 1. The van der Waals surface area contributed by atoms with Crippen molar-refractivity contribution in [2.45, 2.75) is 45.4 Å². The van der Waals surface area contributed by atoms with Crippen LogP contribution in [0.4, 0.5) is 0 Å². The minimum atomic E-state index is -0.279. The number of alkyl halides is 1. The summed E-state index contributed by atoms with van der Waals surface area (Å²) >= 11 is 6.00. The first-order valence-corrected chi connectivity index (χ1v) is 5.75. The second kappa shape index (κ2) is 4.52. The molecular weight excluding hydrogens is 198 g/mol. The molecule has 0 spiro atoms. The molecule has 0 aromatic rings. The Morgan fingerprint density at radius 3 is 2.50 bits per heavy atom. The average molecular weight is 218 g/mol. The lowest BCUT2D eigenvalue weighted by Gasteiger charge is -2.19. The maximum Gasteiger partial charge on any atom is 0.225 e. The topological polar surface area (TPSA) is 29.1 Å². The summed E-state index contributed by atoms with van der Waals surface area (Å²) in [6.45, 7) is 6.59. The zero-order chi connectivity index (χ0) is 10.8. The molecule has 2 nitrogen and oxygen atoms in total. The lowest BCUT2D eigenvalue weighted by molar-refractivity contribution is -0.128. The summed E-state index contributed by atoms with van der Waals surface area (Å²) in [7, 11) is 0. The van der Waals surface area contributed by atoms with Gasteiger partial charge in [0.25, 0.3) is 0 Å². The van der Waals surface area contributed by atoms with Gasteiger partial charge in [0.2, 0.25) is 5.91 Å². The second-order valence-corrected chi connectivity index (χ2v) is 5.85. The average Bonchev–Trinajstić information content (AvgIpc) is 2.45. The van der Waals surface area contributed by atoms with Gasteiger partial charge >= 0.3 is 0 Å². The largest absolute Gasteiger partial charge is 0.355 e. The van der Waals surface area contributed by atoms with Crippen LogP contribution in [0.25, 0.3) is 0 Å². The van der Waals surface area contributed by atoms with Crippen LogP contribution in [0.2, 0.25) is 0 Å². The molecule has 1 rings (SSSR count). The Kier molecular flexibility index (Phi) is 3.82. The zero-order valence-corrected chi connectivity index (χ0v) is 10.0. The molecule has 0 aliphatic heterocycles. The van der Waals surface area contributed by atoms with Crippen molar-refractivity contribution in [3.63, 3.8) is 0 Å². The molecule has 2 unspecified atom stereocenters. The normalized spacial score (nSPS) is 27.7. The first-order valence-electron chi connectivity index (χ1n) is 5.32. The summed E-state index contributed by atoms with van der Waals surface area (Å²) in [4.78, 5) is 11.6. The third-order valence-corrected chi connectivity index (χ3v) is 3.11. The molecule has 1 N–H and O–H groups in total. The molecule has 82 valence electrons. The monoisotopic (exact) mass is 217 g/mol. The van der Waals surface area contributed by atoms with Crippen molar-refractivity contribution >= 4 is 17.5 Å². The Morgan fingerprint density at radius 2 is 2.07 bits per heavy atom. The van der Waals surface area contributed by atoms with E-state index >= 15 is 0 Å². The predicted octanol–water partition coefficient (Wildman–Crippen LogP) is 2.56. The number of halogens is 1. The van der Waals surface area contributed by atoms with Gasteiger partial charge in [-0.25, -0.2) is 0 Å². The van der Waals surface area contributed by atoms with Gasteiger partial charge in [-0.2, -0.15) is 0 Å². The molecule has 1 fully saturated rings. The van der Waals surface area contributed by atoms with Crippen LogP contribution in [0.1, 0.15) is 40.0 Å². The van der Waals surface area contributed by atoms with Crippen molar-refractivity contribution in [1.82, 2.24) is 5.32 Å². The smallest absolute Gasteiger partial charge is 0.225 e. The van der Waals surface area contributed by atoms with Crippen LogP contribution in [-0.2, 0) is 4.79 Å². The highest BCUT2D eigenvalue weighted by atomic mass is 35.5. The second-order valence-electron chi connectivity index (χ2n) is 5.24. The molecule has 0 aromatic heterocycles. The van der Waals surface area contributed by atoms with Crippen LogP contribution in [0, 0.1) is 11.3 Å². The van der Waals surface area contributed by atoms with Crippen molar-refractivity contribution in [3.8, 4) is 0 Å². The summed E-state index contributed by atoms with van der Waals surface area (Å²) in [5.41, 5.74) is -0.279. The SMILES string of the molecule is CC(C)(C)C(=O)NCC1CCC(Cl)C1. The zero-order valence-electron chi connectivity index (χ0n) is 9.27. The van der Waals surface area contributed by atoms with Crippen LogP contribution < -0.4 is 5.32 Å². The summed E-state index contributed by atoms with van der Waals surface area (Å²) < 4.78 is 0. The molecule has 14 heavy (non-hydrogen) atoms. The maximum atomic E-state index is 11.6. The molecule has 0 aromatic carbocycles. The standard InChI is InChI=1S/C11H20ClNO/c1-11(2,3)10(14)13-7-8-4-5-9(12)6-8/h8-9H,4-7H2,1-3H3,(H,13,14). The highest BCUT2D eigenvalue weighted by Gasteiger charge is 2.25. The van der Waals surface area contributed by atoms with Crippen molar-refractivity contribution in [2.24, 2.45) is 11.3 Å². The summed E-state index contributed by atoms with van der Waals surface area (Å²) in [5, 5.41) is 3.31. The first kappa shape index (κ1) is 11.8. The highest BCUT2D eigenvalue weighted by molar-refractivity contribution is 6.20. The highest BCUT2D eigenvalue weighted by Crippen LogP contribution is 2.28. The molecule has 3 heteroatoms. The van der Waals surface area contributed by atoms with E-state index in [1.807, 2.05) is 20.8 Å². The van der Waals surface area contributed by atoms with Gasteiger partial charge < -0.3 is 5.32 Å². The van der Waals surface area contributed by atoms with Gasteiger partial charge in [0.05, 0.1) is 0 Å². The summed E-state index contributed by atoms with van der Waals surface area (Å²) in [6, 6.07) is 0. The van der Waals surface area contributed by atoms with Crippen molar-refractivity contribution in [3.05, 3.63) is 0 Å². The van der Waals surface area contributed by atoms with Gasteiger partial charge in [0.15, 0.2) is 0 Å². The van der Waals surface area contributed by atoms with Crippen molar-refractivity contribution in [2.75, 3.05) is 6.54 Å². The fourth-order valence-corrected chi connectivity index (χ4v) is 2.08. The van der Waals surface area contributed by atoms with E-state index in [0.29, 0.717) is 11.3 Å². The number of carbonyl (C=O) groups is 1. The van der Waals surface area contributed by atoms with E-state index in [0.717, 1.165) is 25.8 Å². The summed E-state index contributed by atoms with van der Waals surface area (Å²) in [6.07, 6.45) is 3.29. The summed E-state index contributed by atoms with van der Waals surface area (Å²) in [5.74, 6) is 0.722. The Labute approximate surface area is 91.4 Å². The quantitative estimate of drug-likeness (QED) is 0.708. The number of amides is 1. The third-order valence-electron chi connectivity index (χ3n) is 2.71. The van der Waals surface area contributed by atoms with Gasteiger partial charge in [-0.15, -0.1) is 11.6 Å². The van der Waals surface area contributed by atoms with E-state index in [9.17, 15) is 4.79 Å². The van der Waals surface area contributed by atoms with E-state index in [1.165, 1.54) is 0 Å². The van der Waals surface area contributed by atoms with Crippen LogP contribution in [0.15, 0.2) is 0 Å². The van der Waals surface area contributed by atoms with Crippen molar-refractivity contribution < 1.29 is 4.79 Å². The number of hydrogen-bond donors (Lipinski definition) is 1. The van der Waals surface area contributed by atoms with Crippen LogP contribution >= 0.6 is 11.6 Å². The molecule has 1 saturated carbocycles. The predicted molar refractivity (Wildman–Crippen MR) is 59.4 cm³/mol. The number of nitrogens with one attached hydrogen (secondary N) is 1. The van der Waals surface area contributed by atoms with Gasteiger partial charge in [0, 0.05) is 17.3 Å². The van der Waals surface area contributed by atoms with Gasteiger partial charge in [-0.05, 0) is 25.2 Å². The Balaban J connectivity index is 2.24. The molecule has 0 radical (unpaired) electrons. The van der Waals surface area contributed by atoms with E-state index < -0.39 is 0 Å². The lowest BCUT2D eigenvalue weighted by Crippen LogP contribution is -2.37. The molecule has 1 aliphatic carbocycles. The fraction of sp³-hybridized carbons (Fsp3) is 0.909. The number of carbonyl (C=O) groups excluding carboxylic acids is 1. The van der Waals surface area contributed by atoms with E-state index in [-0.39, 0.29) is 11.3 Å². The molecule has 0 heterocycles. The van der Waals surface area contributed by atoms with Crippen LogP contribution in [0.3, 0.4) is 0 Å². The van der Waals surface area contributed by atoms with Gasteiger partial charge in [0.1, 0.15) is 0 Å². The molecule has 1 amide bonds. The third kappa shape index (κ3) is 3.49. The van der Waals surface area contributed by atoms with E-state index in [2.05, 4.69) is 5.32 Å². The minimum Gasteiger partial charge on any atom is -0.355 e. The molecule has 0 saturated heterocycles.